The van der Waals surface area contributed by atoms with Gasteiger partial charge in [0.2, 0.25) is 0 Å². The standard InChI is InChI=1S/C30H33FN8O2/c1-37-28-24(12-22-23(35-28)7-9-38(30(22)40)17-21(32)13-31)36-29(37)25-11-20-3-2-4-26(27(20)39(25)16-18-5-6-18)41-10-8-19-14-33-34-15-19/h2-4,11-12,14-15,18,21H,5-10,13,16-17,32H2,1H3,(H,33,34)/t21-/m1/s1. The molecule has 10 nitrogen and oxygen atoms in total. The van der Waals surface area contributed by atoms with Gasteiger partial charge < -0.3 is 24.5 Å². The summed E-state index contributed by atoms with van der Waals surface area (Å²) in [5.74, 6) is 2.10. The van der Waals surface area contributed by atoms with Crippen molar-refractivity contribution in [3.63, 3.8) is 0 Å². The Bertz CT molecular complexity index is 1740. The maximum atomic E-state index is 13.2. The van der Waals surface area contributed by atoms with Gasteiger partial charge in [0, 0.05) is 51.1 Å². The summed E-state index contributed by atoms with van der Waals surface area (Å²) >= 11 is 0. The molecule has 11 heteroatoms. The first-order chi connectivity index (χ1) is 20.0. The summed E-state index contributed by atoms with van der Waals surface area (Å²) in [6.45, 7) is 1.43. The fraction of sp³-hybridized carbons (Fsp3) is 0.400. The van der Waals surface area contributed by atoms with Crippen LogP contribution in [0.5, 0.6) is 5.75 Å². The summed E-state index contributed by atoms with van der Waals surface area (Å²) in [6.07, 6.45) is 7.49. The SMILES string of the molecule is Cn1c(-c2cc3cccc(OCCc4cn[nH]c4)c3n2CC2CC2)nc2cc3c(nc21)CCN(C[C@H](N)CF)C3=O. The number of hydrogen-bond donors (Lipinski definition) is 2. The van der Waals surface area contributed by atoms with E-state index < -0.39 is 12.7 Å². The number of rotatable bonds is 10. The zero-order valence-electron chi connectivity index (χ0n) is 23.0. The number of ether oxygens (including phenoxy) is 1. The number of carbonyl (C=O) groups excluding carboxylic acids is 1. The van der Waals surface area contributed by atoms with Gasteiger partial charge >= 0.3 is 0 Å². The highest BCUT2D eigenvalue weighted by molar-refractivity contribution is 5.99. The highest BCUT2D eigenvalue weighted by Crippen LogP contribution is 2.39. The second-order valence-corrected chi connectivity index (χ2v) is 11.2. The Morgan fingerprint density at radius 1 is 1.24 bits per heavy atom. The van der Waals surface area contributed by atoms with E-state index in [4.69, 9.17) is 20.4 Å². The van der Waals surface area contributed by atoms with Crippen LogP contribution in [-0.4, -0.2) is 72.5 Å². The topological polar surface area (TPSA) is 120 Å². The number of nitrogens with zero attached hydrogens (tertiary/aromatic N) is 6. The molecule has 1 aliphatic carbocycles. The number of alkyl halides is 1. The van der Waals surface area contributed by atoms with Gasteiger partial charge in [0.05, 0.1) is 41.3 Å². The van der Waals surface area contributed by atoms with Gasteiger partial charge in [-0.1, -0.05) is 12.1 Å². The van der Waals surface area contributed by atoms with Crippen LogP contribution in [0.4, 0.5) is 4.39 Å². The number of hydrogen-bond acceptors (Lipinski definition) is 6. The zero-order valence-corrected chi connectivity index (χ0v) is 23.0. The zero-order chi connectivity index (χ0) is 28.1. The minimum absolute atomic E-state index is 0.170. The Balaban J connectivity index is 1.27. The number of pyridine rings is 1. The lowest BCUT2D eigenvalue weighted by Gasteiger charge is -2.29. The van der Waals surface area contributed by atoms with Crippen molar-refractivity contribution < 1.29 is 13.9 Å². The van der Waals surface area contributed by atoms with E-state index in [9.17, 15) is 9.18 Å². The summed E-state index contributed by atoms with van der Waals surface area (Å²) in [5.41, 5.74) is 11.6. The van der Waals surface area contributed by atoms with Gasteiger partial charge in [0.25, 0.3) is 5.91 Å². The number of aryl methyl sites for hydroxylation is 1. The van der Waals surface area contributed by atoms with Crippen LogP contribution < -0.4 is 10.5 Å². The molecule has 0 unspecified atom stereocenters. The van der Waals surface area contributed by atoms with E-state index in [0.717, 1.165) is 58.0 Å². The predicted octanol–water partition coefficient (Wildman–Crippen LogP) is 3.64. The fourth-order valence-electron chi connectivity index (χ4n) is 5.81. The van der Waals surface area contributed by atoms with Crippen LogP contribution in [0.2, 0.25) is 0 Å². The second-order valence-electron chi connectivity index (χ2n) is 11.2. The molecule has 1 fully saturated rings. The lowest BCUT2D eigenvalue weighted by molar-refractivity contribution is 0.0723. The molecule has 7 rings (SSSR count). The van der Waals surface area contributed by atoms with Crippen molar-refractivity contribution in [3.05, 3.63) is 59.5 Å². The molecule has 1 aliphatic heterocycles. The Hall–Kier alpha value is -4.25. The summed E-state index contributed by atoms with van der Waals surface area (Å²) in [5, 5.41) is 7.97. The van der Waals surface area contributed by atoms with Crippen LogP contribution in [0, 0.1) is 5.92 Å². The minimum Gasteiger partial charge on any atom is -0.491 e. The normalized spacial score (nSPS) is 16.1. The van der Waals surface area contributed by atoms with Gasteiger partial charge in [0.15, 0.2) is 11.5 Å². The molecule has 0 radical (unpaired) electrons. The molecule has 1 aromatic carbocycles. The molecule has 41 heavy (non-hydrogen) atoms. The molecular formula is C30H33FN8O2. The average molecular weight is 557 g/mol. The summed E-state index contributed by atoms with van der Waals surface area (Å²) < 4.78 is 23.7. The third-order valence-electron chi connectivity index (χ3n) is 8.17. The monoisotopic (exact) mass is 556 g/mol. The number of amides is 1. The Kier molecular flexibility index (Phi) is 6.45. The number of nitrogens with two attached hydrogens (primary N) is 1. The molecule has 5 aromatic rings. The van der Waals surface area contributed by atoms with E-state index in [1.165, 1.54) is 12.8 Å². The van der Waals surface area contributed by atoms with Gasteiger partial charge in [-0.2, -0.15) is 5.10 Å². The quantitative estimate of drug-likeness (QED) is 0.271. The van der Waals surface area contributed by atoms with Gasteiger partial charge in [-0.25, -0.2) is 14.4 Å². The third kappa shape index (κ3) is 4.73. The molecule has 212 valence electrons. The summed E-state index contributed by atoms with van der Waals surface area (Å²) in [4.78, 5) is 24.7. The highest BCUT2D eigenvalue weighted by Gasteiger charge is 2.30. The first kappa shape index (κ1) is 25.7. The molecule has 4 aromatic heterocycles. The van der Waals surface area contributed by atoms with Gasteiger partial charge in [-0.05, 0) is 42.5 Å². The van der Waals surface area contributed by atoms with Gasteiger partial charge in [0.1, 0.15) is 17.9 Å². The lowest BCUT2D eigenvalue weighted by Crippen LogP contribution is -2.45. The van der Waals surface area contributed by atoms with E-state index >= 15 is 0 Å². The van der Waals surface area contributed by atoms with Crippen LogP contribution in [0.25, 0.3) is 33.6 Å². The molecule has 0 spiro atoms. The smallest absolute Gasteiger partial charge is 0.255 e. The van der Waals surface area contributed by atoms with E-state index in [0.29, 0.717) is 36.6 Å². The molecule has 1 atom stereocenters. The van der Waals surface area contributed by atoms with E-state index in [2.05, 4.69) is 26.9 Å². The Morgan fingerprint density at radius 2 is 2.12 bits per heavy atom. The molecule has 3 N–H and O–H groups in total. The second kappa shape index (κ2) is 10.3. The minimum atomic E-state index is -0.688. The first-order valence-corrected chi connectivity index (χ1v) is 14.2. The van der Waals surface area contributed by atoms with Crippen LogP contribution in [0.15, 0.2) is 42.7 Å². The van der Waals surface area contributed by atoms with Crippen LogP contribution in [0.1, 0.15) is 34.5 Å². The average Bonchev–Trinajstić information content (AvgIpc) is 3.35. The Labute approximate surface area is 236 Å². The largest absolute Gasteiger partial charge is 0.491 e. The number of para-hydroxylation sites is 1. The number of H-pyrrole nitrogens is 1. The van der Waals surface area contributed by atoms with Crippen molar-refractivity contribution in [1.29, 1.82) is 0 Å². The number of fused-ring (bicyclic) bond motifs is 3. The van der Waals surface area contributed by atoms with Gasteiger partial charge in [-0.15, -0.1) is 0 Å². The molecule has 2 aliphatic rings. The maximum Gasteiger partial charge on any atom is 0.255 e. The molecular weight excluding hydrogens is 523 g/mol. The number of carbonyl (C=O) groups is 1. The van der Waals surface area contributed by atoms with Gasteiger partial charge in [-0.3, -0.25) is 9.89 Å². The molecule has 1 saturated carbocycles. The van der Waals surface area contributed by atoms with Crippen molar-refractivity contribution in [3.8, 4) is 17.3 Å². The summed E-state index contributed by atoms with van der Waals surface area (Å²) in [7, 11) is 1.97. The molecule has 0 saturated heterocycles. The molecule has 1 amide bonds. The van der Waals surface area contributed by atoms with Crippen LogP contribution >= 0.6 is 0 Å². The van der Waals surface area contributed by atoms with Crippen molar-refractivity contribution >= 4 is 28.0 Å². The Morgan fingerprint density at radius 3 is 2.90 bits per heavy atom. The number of imidazole rings is 1. The van der Waals surface area contributed by atoms with Crippen LogP contribution in [0.3, 0.4) is 0 Å². The third-order valence-corrected chi connectivity index (χ3v) is 8.17. The maximum absolute atomic E-state index is 13.2. The molecule has 0 bridgehead atoms. The number of halogens is 1. The number of aromatic amines is 1. The van der Waals surface area contributed by atoms with Crippen molar-refractivity contribution in [2.75, 3.05) is 26.4 Å². The highest BCUT2D eigenvalue weighted by atomic mass is 19.1. The van der Waals surface area contributed by atoms with Crippen molar-refractivity contribution in [2.45, 2.75) is 38.3 Å². The number of benzene rings is 1. The van der Waals surface area contributed by atoms with E-state index in [1.807, 2.05) is 42.2 Å². The summed E-state index contributed by atoms with van der Waals surface area (Å²) in [6, 6.07) is 9.48. The van der Waals surface area contributed by atoms with Crippen molar-refractivity contribution in [2.24, 2.45) is 18.7 Å². The van der Waals surface area contributed by atoms with Crippen molar-refractivity contribution in [1.82, 2.24) is 34.2 Å². The molecule has 5 heterocycles. The van der Waals surface area contributed by atoms with E-state index in [1.54, 1.807) is 4.90 Å². The lowest BCUT2D eigenvalue weighted by atomic mass is 10.0. The fourth-order valence-corrected chi connectivity index (χ4v) is 5.81. The van der Waals surface area contributed by atoms with Crippen LogP contribution in [-0.2, 0) is 26.4 Å². The first-order valence-electron chi connectivity index (χ1n) is 14.2. The number of nitrogens with one attached hydrogen (secondary N) is 1. The predicted molar refractivity (Wildman–Crippen MR) is 154 cm³/mol. The number of aromatic nitrogens is 6. The van der Waals surface area contributed by atoms with E-state index in [-0.39, 0.29) is 12.5 Å².